The van der Waals surface area contributed by atoms with Crippen molar-refractivity contribution in [1.29, 1.82) is 0 Å². The maximum Gasteiger partial charge on any atom is 0.321 e. The summed E-state index contributed by atoms with van der Waals surface area (Å²) in [4.78, 5) is 36.4. The van der Waals surface area contributed by atoms with Crippen molar-refractivity contribution in [3.63, 3.8) is 0 Å². The minimum atomic E-state index is -0.601. The molecule has 22 heavy (non-hydrogen) atoms. The van der Waals surface area contributed by atoms with Crippen molar-refractivity contribution < 1.29 is 18.8 Å². The number of carbonyl (C=O) groups is 3. The Morgan fingerprint density at radius 3 is 2.45 bits per heavy atom. The topological polar surface area (TPSA) is 104 Å². The third-order valence-corrected chi connectivity index (χ3v) is 2.81. The highest BCUT2D eigenvalue weighted by Gasteiger charge is 2.14. The van der Waals surface area contributed by atoms with Crippen molar-refractivity contribution in [2.45, 2.75) is 20.4 Å². The predicted octanol–water partition coefficient (Wildman–Crippen LogP) is 0.0634. The van der Waals surface area contributed by atoms with Gasteiger partial charge in [-0.2, -0.15) is 0 Å². The zero-order valence-electron chi connectivity index (χ0n) is 12.8. The van der Waals surface area contributed by atoms with Crippen LogP contribution in [-0.2, 0) is 16.1 Å². The summed E-state index contributed by atoms with van der Waals surface area (Å²) >= 11 is 0. The number of carbonyl (C=O) groups excluding carboxylic acids is 3. The molecule has 0 aliphatic carbocycles. The minimum absolute atomic E-state index is 0.0260. The van der Waals surface area contributed by atoms with Crippen LogP contribution >= 0.6 is 0 Å². The fourth-order valence-corrected chi connectivity index (χ4v) is 1.73. The monoisotopic (exact) mass is 310 g/mol. The van der Waals surface area contributed by atoms with Gasteiger partial charge in [0.1, 0.15) is 5.76 Å². The van der Waals surface area contributed by atoms with Crippen LogP contribution in [0.2, 0.25) is 0 Å². The highest BCUT2D eigenvalue weighted by atomic mass is 16.3. The van der Waals surface area contributed by atoms with Gasteiger partial charge in [-0.05, 0) is 25.6 Å². The fraction of sp³-hybridized carbons (Fsp3) is 0.500. The summed E-state index contributed by atoms with van der Waals surface area (Å²) in [5.41, 5.74) is 0. The fourth-order valence-electron chi connectivity index (χ4n) is 1.73. The third kappa shape index (κ3) is 6.89. The van der Waals surface area contributed by atoms with E-state index in [0.717, 1.165) is 0 Å². The van der Waals surface area contributed by atoms with E-state index in [0.29, 0.717) is 18.8 Å². The Morgan fingerprint density at radius 2 is 1.86 bits per heavy atom. The molecule has 0 saturated heterocycles. The van der Waals surface area contributed by atoms with Crippen LogP contribution in [0.1, 0.15) is 19.6 Å². The highest BCUT2D eigenvalue weighted by Crippen LogP contribution is 1.98. The summed E-state index contributed by atoms with van der Waals surface area (Å²) in [5, 5.41) is 7.37. The molecule has 0 aliphatic rings. The molecule has 0 unspecified atom stereocenters. The maximum atomic E-state index is 11.8. The van der Waals surface area contributed by atoms with Crippen LogP contribution in [0.15, 0.2) is 22.8 Å². The van der Waals surface area contributed by atoms with Crippen molar-refractivity contribution in [2.75, 3.05) is 26.2 Å². The van der Waals surface area contributed by atoms with E-state index in [1.165, 1.54) is 6.26 Å². The molecule has 0 bridgehead atoms. The number of hydrogen-bond donors (Lipinski definition) is 3. The number of hydrogen-bond acceptors (Lipinski definition) is 5. The lowest BCUT2D eigenvalue weighted by molar-refractivity contribution is -0.124. The number of furan rings is 1. The number of urea groups is 1. The minimum Gasteiger partial charge on any atom is -0.467 e. The maximum absolute atomic E-state index is 11.8. The molecule has 8 heteroatoms. The van der Waals surface area contributed by atoms with Gasteiger partial charge in [0, 0.05) is 6.54 Å². The molecule has 1 aromatic rings. The van der Waals surface area contributed by atoms with Crippen LogP contribution < -0.4 is 16.0 Å². The molecule has 4 amide bonds. The van der Waals surface area contributed by atoms with Gasteiger partial charge in [0.15, 0.2) is 0 Å². The van der Waals surface area contributed by atoms with E-state index in [9.17, 15) is 14.4 Å². The average Bonchev–Trinajstić information content (AvgIpc) is 2.97. The van der Waals surface area contributed by atoms with Crippen LogP contribution in [0.5, 0.6) is 0 Å². The van der Waals surface area contributed by atoms with Crippen LogP contribution in [-0.4, -0.2) is 48.9 Å². The number of nitrogens with one attached hydrogen (secondary N) is 3. The van der Waals surface area contributed by atoms with Gasteiger partial charge >= 0.3 is 6.03 Å². The quantitative estimate of drug-likeness (QED) is 0.630. The first-order valence-corrected chi connectivity index (χ1v) is 7.14. The largest absolute Gasteiger partial charge is 0.467 e. The molecule has 0 fully saturated rings. The molecule has 122 valence electrons. The number of amides is 4. The zero-order valence-corrected chi connectivity index (χ0v) is 12.8. The second-order valence-corrected chi connectivity index (χ2v) is 4.57. The van der Waals surface area contributed by atoms with Crippen LogP contribution in [0.3, 0.4) is 0 Å². The second-order valence-electron chi connectivity index (χ2n) is 4.57. The van der Waals surface area contributed by atoms with Crippen molar-refractivity contribution in [2.24, 2.45) is 0 Å². The molecule has 8 nitrogen and oxygen atoms in total. The third-order valence-electron chi connectivity index (χ3n) is 2.81. The van der Waals surface area contributed by atoms with Gasteiger partial charge in [0.2, 0.25) is 11.8 Å². The molecule has 0 atom stereocenters. The van der Waals surface area contributed by atoms with E-state index < -0.39 is 11.9 Å². The lowest BCUT2D eigenvalue weighted by Gasteiger charge is -2.18. The van der Waals surface area contributed by atoms with Gasteiger partial charge in [-0.25, -0.2) is 4.79 Å². The molecule has 0 aliphatic heterocycles. The highest BCUT2D eigenvalue weighted by molar-refractivity contribution is 5.95. The Bertz CT molecular complexity index is 487. The standard InChI is InChI=1S/C14H22N4O4/c1-3-15-12(19)9-18(4-2)10-13(20)17-14(21)16-8-11-6-5-7-22-11/h5-7H,3-4,8-10H2,1-2H3,(H,15,19)(H2,16,17,20,21). The number of likely N-dealkylation sites (N-methyl/N-ethyl adjacent to an activating group) is 2. The van der Waals surface area contributed by atoms with Gasteiger partial charge in [-0.15, -0.1) is 0 Å². The lowest BCUT2D eigenvalue weighted by atomic mass is 10.4. The molecule has 0 saturated carbocycles. The summed E-state index contributed by atoms with van der Waals surface area (Å²) in [6.07, 6.45) is 1.50. The Kier molecular flexibility index (Phi) is 7.69. The molecule has 0 radical (unpaired) electrons. The summed E-state index contributed by atoms with van der Waals surface area (Å²) in [7, 11) is 0. The van der Waals surface area contributed by atoms with Crippen molar-refractivity contribution in [1.82, 2.24) is 20.9 Å². The summed E-state index contributed by atoms with van der Waals surface area (Å²) in [5.74, 6) is -0.0310. The van der Waals surface area contributed by atoms with Crippen LogP contribution in [0, 0.1) is 0 Å². The molecule has 0 spiro atoms. The van der Waals surface area contributed by atoms with E-state index in [2.05, 4.69) is 16.0 Å². The van der Waals surface area contributed by atoms with Crippen molar-refractivity contribution in [3.05, 3.63) is 24.2 Å². The van der Waals surface area contributed by atoms with Gasteiger partial charge in [-0.3, -0.25) is 19.8 Å². The van der Waals surface area contributed by atoms with E-state index in [-0.39, 0.29) is 25.5 Å². The van der Waals surface area contributed by atoms with E-state index in [1.54, 1.807) is 17.0 Å². The number of rotatable bonds is 8. The molecule has 3 N–H and O–H groups in total. The zero-order chi connectivity index (χ0) is 16.4. The molecule has 1 aromatic heterocycles. The summed E-state index contributed by atoms with van der Waals surface area (Å²) < 4.78 is 5.06. The number of imide groups is 1. The summed E-state index contributed by atoms with van der Waals surface area (Å²) in [6.45, 7) is 5.01. The van der Waals surface area contributed by atoms with E-state index in [1.807, 2.05) is 13.8 Å². The molecular weight excluding hydrogens is 288 g/mol. The van der Waals surface area contributed by atoms with Gasteiger partial charge in [0.25, 0.3) is 0 Å². The first-order chi connectivity index (χ1) is 10.5. The normalized spacial score (nSPS) is 10.3. The smallest absolute Gasteiger partial charge is 0.321 e. The van der Waals surface area contributed by atoms with E-state index >= 15 is 0 Å². The Morgan fingerprint density at radius 1 is 1.14 bits per heavy atom. The molecular formula is C14H22N4O4. The van der Waals surface area contributed by atoms with Crippen molar-refractivity contribution in [3.8, 4) is 0 Å². The Labute approximate surface area is 129 Å². The summed E-state index contributed by atoms with van der Waals surface area (Å²) in [6, 6.07) is 2.82. The molecule has 0 aromatic carbocycles. The lowest BCUT2D eigenvalue weighted by Crippen LogP contribution is -2.46. The molecule has 1 heterocycles. The second kappa shape index (κ2) is 9.56. The Balaban J connectivity index is 2.30. The van der Waals surface area contributed by atoms with Crippen molar-refractivity contribution >= 4 is 17.8 Å². The van der Waals surface area contributed by atoms with Gasteiger partial charge < -0.3 is 15.1 Å². The van der Waals surface area contributed by atoms with Crippen LogP contribution in [0.25, 0.3) is 0 Å². The van der Waals surface area contributed by atoms with Gasteiger partial charge in [-0.1, -0.05) is 6.92 Å². The Hall–Kier alpha value is -2.35. The van der Waals surface area contributed by atoms with Gasteiger partial charge in [0.05, 0.1) is 25.9 Å². The first kappa shape index (κ1) is 17.7. The average molecular weight is 310 g/mol. The SMILES string of the molecule is CCNC(=O)CN(CC)CC(=O)NC(=O)NCc1ccco1. The van der Waals surface area contributed by atoms with E-state index in [4.69, 9.17) is 4.42 Å². The first-order valence-electron chi connectivity index (χ1n) is 7.14. The number of nitrogens with zero attached hydrogens (tertiary/aromatic N) is 1. The molecule has 1 rings (SSSR count). The predicted molar refractivity (Wildman–Crippen MR) is 79.9 cm³/mol. The van der Waals surface area contributed by atoms with Crippen LogP contribution in [0.4, 0.5) is 4.79 Å².